The number of aromatic nitrogens is 5. The van der Waals surface area contributed by atoms with Crippen molar-refractivity contribution in [1.82, 2.24) is 24.5 Å². The van der Waals surface area contributed by atoms with E-state index in [2.05, 4.69) is 101 Å². The SMILES string of the molecule is CC(C)(C)c1ccnc(-c2[c-]cccc2)n1.[2H]C([2H])([2H])c1c[c-]c(-c2nc3cccc(C([2H])([2H])[2H])c3n2-c2c(C(C)C)cc(-c3ccccc3)cc2C(C)C)c2oc3cc(C#N)c4oc(C(C)(C)C)nc4c3c12.[Ir]. The number of para-hydroxylation sites is 1. The van der Waals surface area contributed by atoms with Crippen LogP contribution in [0.3, 0.4) is 0 Å². The van der Waals surface area contributed by atoms with Gasteiger partial charge >= 0.3 is 0 Å². The van der Waals surface area contributed by atoms with Crippen molar-refractivity contribution in [3.63, 3.8) is 0 Å². The van der Waals surface area contributed by atoms with Gasteiger partial charge in [0.25, 0.3) is 0 Å². The standard InChI is InChI=1S/C45H41N4O2.C14H15N2.Ir/c1-24(2)32-20-29(28-15-11-10-12-16-28)21-33(25(3)4)40(32)49-39-27(6)14-13-17-34(39)47-43(49)31-19-18-26(5)36-37-35(50-42(31)36)22-30(23-46)41-38(37)48-44(51-41)45(7,8)9;1-14(2,3)12-9-10-15-13(16-12)11-7-5-4-6-8-11;/h10-18,20-22,24-25H,1-9H3;4-7,9-10H,1-3H3;/q2*-1;/i5D3,6D3;;. The molecule has 0 saturated carbocycles. The summed E-state index contributed by atoms with van der Waals surface area (Å²) >= 11 is 0. The van der Waals surface area contributed by atoms with Gasteiger partial charge in [-0.3, -0.25) is 15.0 Å². The minimum atomic E-state index is -2.60. The average molecular weight is 1080 g/mol. The van der Waals surface area contributed by atoms with Crippen molar-refractivity contribution in [1.29, 1.82) is 5.26 Å². The Hall–Kier alpha value is -6.72. The molecule has 4 heterocycles. The van der Waals surface area contributed by atoms with Crippen LogP contribution in [0.5, 0.6) is 0 Å². The molecule has 9 heteroatoms. The van der Waals surface area contributed by atoms with E-state index < -0.39 is 19.1 Å². The van der Waals surface area contributed by atoms with Gasteiger partial charge in [0.15, 0.2) is 5.58 Å². The van der Waals surface area contributed by atoms with E-state index in [0.29, 0.717) is 39.2 Å². The third kappa shape index (κ3) is 8.68. The molecule has 1 radical (unpaired) electrons. The molecule has 0 spiro atoms. The van der Waals surface area contributed by atoms with Crippen molar-refractivity contribution in [3.05, 3.63) is 161 Å². The predicted octanol–water partition coefficient (Wildman–Crippen LogP) is 15.5. The normalized spacial score (nSPS) is 13.6. The summed E-state index contributed by atoms with van der Waals surface area (Å²) < 4.78 is 66.7. The monoisotopic (exact) mass is 1080 g/mol. The van der Waals surface area contributed by atoms with E-state index in [0.717, 1.165) is 45.0 Å². The van der Waals surface area contributed by atoms with Crippen LogP contribution >= 0.6 is 0 Å². The number of hydrogen-bond donors (Lipinski definition) is 0. The van der Waals surface area contributed by atoms with Crippen molar-refractivity contribution in [2.45, 2.75) is 106 Å². The zero-order chi connectivity index (χ0) is 52.5. The summed E-state index contributed by atoms with van der Waals surface area (Å²) in [5.74, 6) is 1.43. The topological polar surface area (TPSA) is 107 Å². The Labute approximate surface area is 421 Å². The quantitative estimate of drug-likeness (QED) is 0.153. The maximum absolute atomic E-state index is 10.2. The Balaban J connectivity index is 0.000000365. The van der Waals surface area contributed by atoms with Gasteiger partial charge in [0.2, 0.25) is 5.89 Å². The average Bonchev–Trinajstić information content (AvgIpc) is 4.07. The number of hydrogen-bond acceptors (Lipinski definition) is 7. The number of oxazole rings is 1. The number of rotatable bonds is 6. The Morgan fingerprint density at radius 1 is 0.721 bits per heavy atom. The van der Waals surface area contributed by atoms with Crippen molar-refractivity contribution in [2.75, 3.05) is 0 Å². The molecule has 345 valence electrons. The summed E-state index contributed by atoms with van der Waals surface area (Å²) in [6.45, 7) is 15.6. The van der Waals surface area contributed by atoms with E-state index in [1.54, 1.807) is 24.3 Å². The number of nitrogens with zero attached hydrogens (tertiary/aromatic N) is 6. The summed E-state index contributed by atoms with van der Waals surface area (Å²) in [5.41, 5.74) is 8.75. The second-order valence-electron chi connectivity index (χ2n) is 19.7. The number of fused-ring (bicyclic) bond motifs is 6. The molecule has 0 aliphatic rings. The molecule has 0 N–H and O–H groups in total. The fraction of sp³-hybridized carbons (Fsp3) is 0.271. The van der Waals surface area contributed by atoms with Gasteiger partial charge in [0.05, 0.1) is 28.3 Å². The van der Waals surface area contributed by atoms with Gasteiger partial charge in [-0.05, 0) is 76.2 Å². The van der Waals surface area contributed by atoms with Crippen LogP contribution in [0.1, 0.15) is 129 Å². The molecule has 8 nitrogen and oxygen atoms in total. The number of nitriles is 1. The van der Waals surface area contributed by atoms with E-state index in [-0.39, 0.29) is 76.2 Å². The minimum absolute atomic E-state index is 0. The molecular formula is C59H56IrN6O2-2. The molecule has 0 aliphatic heterocycles. The first kappa shape index (κ1) is 40.4. The zero-order valence-corrected chi connectivity index (χ0v) is 42.3. The molecule has 68 heavy (non-hydrogen) atoms. The van der Waals surface area contributed by atoms with Crippen LogP contribution in [0.15, 0.2) is 118 Å². The third-order valence-corrected chi connectivity index (χ3v) is 12.0. The van der Waals surface area contributed by atoms with Crippen molar-refractivity contribution in [2.24, 2.45) is 0 Å². The fourth-order valence-electron chi connectivity index (χ4n) is 8.51. The van der Waals surface area contributed by atoms with Crippen LogP contribution in [0.2, 0.25) is 0 Å². The molecule has 0 bridgehead atoms. The van der Waals surface area contributed by atoms with Crippen LogP contribution in [-0.2, 0) is 30.9 Å². The first-order valence-electron chi connectivity index (χ1n) is 25.6. The smallest absolute Gasteiger partial charge is 0.200 e. The molecule has 0 saturated heterocycles. The van der Waals surface area contributed by atoms with Gasteiger partial charge in [-0.1, -0.05) is 124 Å². The van der Waals surface area contributed by atoms with Crippen LogP contribution < -0.4 is 0 Å². The molecular weight excluding hydrogens is 1020 g/mol. The first-order valence-corrected chi connectivity index (χ1v) is 22.6. The second-order valence-corrected chi connectivity index (χ2v) is 19.7. The van der Waals surface area contributed by atoms with Crippen LogP contribution in [0.25, 0.3) is 83.7 Å². The molecule has 4 aromatic heterocycles. The Morgan fingerprint density at radius 3 is 2.07 bits per heavy atom. The Bertz CT molecular complexity index is 3730. The Kier molecular flexibility index (Phi) is 10.9. The second kappa shape index (κ2) is 18.4. The van der Waals surface area contributed by atoms with Crippen LogP contribution in [-0.4, -0.2) is 24.5 Å². The van der Waals surface area contributed by atoms with E-state index in [9.17, 15) is 5.26 Å². The van der Waals surface area contributed by atoms with E-state index in [1.807, 2.05) is 80.1 Å². The molecule has 0 atom stereocenters. The first-order chi connectivity index (χ1) is 34.4. The van der Waals surface area contributed by atoms with Crippen molar-refractivity contribution in [3.8, 4) is 45.7 Å². The molecule has 0 fully saturated rings. The van der Waals surface area contributed by atoms with E-state index in [1.165, 1.54) is 6.07 Å². The molecule has 10 rings (SSSR count). The van der Waals surface area contributed by atoms with Gasteiger partial charge in [-0.15, -0.1) is 53.6 Å². The zero-order valence-electron chi connectivity index (χ0n) is 45.9. The van der Waals surface area contributed by atoms with Crippen LogP contribution in [0.4, 0.5) is 0 Å². The number of furan rings is 1. The summed E-state index contributed by atoms with van der Waals surface area (Å²) in [6.07, 6.45) is 1.81. The maximum atomic E-state index is 10.2. The minimum Gasteiger partial charge on any atom is -0.500 e. The van der Waals surface area contributed by atoms with Gasteiger partial charge in [-0.2, -0.15) is 5.26 Å². The fourth-order valence-corrected chi connectivity index (χ4v) is 8.51. The number of benzene rings is 6. The van der Waals surface area contributed by atoms with Crippen molar-refractivity contribution < 1.29 is 37.2 Å². The summed E-state index contributed by atoms with van der Waals surface area (Å²) in [5, 5.41) is 10.9. The number of aryl methyl sites for hydroxylation is 2. The molecule has 0 aliphatic carbocycles. The molecule has 10 aromatic rings. The van der Waals surface area contributed by atoms with Gasteiger partial charge < -0.3 is 13.4 Å². The maximum Gasteiger partial charge on any atom is 0.200 e. The summed E-state index contributed by atoms with van der Waals surface area (Å²) in [6, 6.07) is 40.8. The third-order valence-electron chi connectivity index (χ3n) is 12.0. The van der Waals surface area contributed by atoms with Gasteiger partial charge in [0.1, 0.15) is 22.7 Å². The number of imidazole rings is 1. The molecule has 0 unspecified atom stereocenters. The molecule has 6 aromatic carbocycles. The summed E-state index contributed by atoms with van der Waals surface area (Å²) in [4.78, 5) is 18.9. The summed E-state index contributed by atoms with van der Waals surface area (Å²) in [7, 11) is 0. The largest absolute Gasteiger partial charge is 0.500 e. The Morgan fingerprint density at radius 2 is 1.44 bits per heavy atom. The van der Waals surface area contributed by atoms with E-state index in [4.69, 9.17) is 27.0 Å². The van der Waals surface area contributed by atoms with Crippen LogP contribution in [0, 0.1) is 37.2 Å². The predicted molar refractivity (Wildman–Crippen MR) is 272 cm³/mol. The van der Waals surface area contributed by atoms with Gasteiger partial charge in [0, 0.05) is 68.2 Å². The van der Waals surface area contributed by atoms with Gasteiger partial charge in [-0.25, -0.2) is 4.98 Å². The van der Waals surface area contributed by atoms with E-state index >= 15 is 0 Å². The van der Waals surface area contributed by atoms with Crippen molar-refractivity contribution >= 4 is 44.1 Å². The molecule has 0 amide bonds.